The number of benzene rings is 1. The lowest BCUT2D eigenvalue weighted by Gasteiger charge is -2.23. The van der Waals surface area contributed by atoms with E-state index in [0.717, 1.165) is 6.07 Å². The zero-order valence-electron chi connectivity index (χ0n) is 10.4. The molecule has 2 aromatic rings. The van der Waals surface area contributed by atoms with Gasteiger partial charge in [-0.25, -0.2) is 8.78 Å². The molecule has 0 radical (unpaired) electrons. The maximum atomic E-state index is 13.9. The smallest absolute Gasteiger partial charge is 0.290 e. The van der Waals surface area contributed by atoms with Crippen LogP contribution in [-0.2, 0) is 0 Å². The van der Waals surface area contributed by atoms with E-state index in [-0.39, 0.29) is 11.7 Å². The van der Waals surface area contributed by atoms with Gasteiger partial charge in [0.2, 0.25) is 0 Å². The van der Waals surface area contributed by atoms with Gasteiger partial charge in [-0.15, -0.1) is 11.8 Å². The van der Waals surface area contributed by atoms with E-state index in [1.54, 1.807) is 17.0 Å². The molecule has 0 bridgehead atoms. The molecule has 1 aliphatic heterocycles. The Hall–Kier alpha value is -1.82. The molecule has 1 aromatic heterocycles. The number of halogens is 2. The first kappa shape index (κ1) is 13.2. The molecule has 1 amide bonds. The van der Waals surface area contributed by atoms with Gasteiger partial charge in [0.05, 0.1) is 6.26 Å². The second kappa shape index (κ2) is 5.28. The minimum absolute atomic E-state index is 0.222. The van der Waals surface area contributed by atoms with E-state index >= 15 is 0 Å². The lowest BCUT2D eigenvalue weighted by molar-refractivity contribution is 0.0727. The van der Waals surface area contributed by atoms with Crippen LogP contribution in [-0.4, -0.2) is 23.1 Å². The molecule has 104 valence electrons. The fourth-order valence-corrected chi connectivity index (χ4v) is 3.46. The molecule has 6 heteroatoms. The Morgan fingerprint density at radius 3 is 2.90 bits per heavy atom. The van der Waals surface area contributed by atoms with E-state index < -0.39 is 17.0 Å². The second-order valence-electron chi connectivity index (χ2n) is 4.36. The van der Waals surface area contributed by atoms with Crippen LogP contribution in [0, 0.1) is 11.6 Å². The summed E-state index contributed by atoms with van der Waals surface area (Å²) in [7, 11) is 0. The second-order valence-corrected chi connectivity index (χ2v) is 5.55. The van der Waals surface area contributed by atoms with Gasteiger partial charge in [-0.3, -0.25) is 4.79 Å². The van der Waals surface area contributed by atoms with E-state index in [0.29, 0.717) is 17.9 Å². The number of rotatable bonds is 2. The first-order valence-corrected chi connectivity index (χ1v) is 7.13. The number of thioether (sulfide) groups is 1. The summed E-state index contributed by atoms with van der Waals surface area (Å²) in [5.74, 6) is -0.623. The third-order valence-corrected chi connectivity index (χ3v) is 4.35. The molecule has 1 aromatic carbocycles. The monoisotopic (exact) mass is 295 g/mol. The van der Waals surface area contributed by atoms with Gasteiger partial charge in [-0.2, -0.15) is 0 Å². The molecular formula is C14H11F2NO2S. The van der Waals surface area contributed by atoms with Crippen LogP contribution in [0.25, 0.3) is 0 Å². The third-order valence-electron chi connectivity index (χ3n) is 3.11. The predicted octanol–water partition coefficient (Wildman–Crippen LogP) is 3.45. The van der Waals surface area contributed by atoms with Crippen molar-refractivity contribution in [1.29, 1.82) is 0 Å². The van der Waals surface area contributed by atoms with Gasteiger partial charge in [0, 0.05) is 23.9 Å². The number of nitrogens with zero attached hydrogens (tertiary/aromatic N) is 1. The van der Waals surface area contributed by atoms with Crippen molar-refractivity contribution in [2.45, 2.75) is 5.37 Å². The first-order chi connectivity index (χ1) is 9.66. The summed E-state index contributed by atoms with van der Waals surface area (Å²) >= 11 is 1.45. The van der Waals surface area contributed by atoms with Crippen LogP contribution in [0.15, 0.2) is 41.0 Å². The molecular weight excluding hydrogens is 284 g/mol. The van der Waals surface area contributed by atoms with Crippen molar-refractivity contribution in [3.05, 3.63) is 59.6 Å². The summed E-state index contributed by atoms with van der Waals surface area (Å²) in [5, 5.41) is -0.451. The van der Waals surface area contributed by atoms with Crippen molar-refractivity contribution in [3.8, 4) is 0 Å². The number of amides is 1. The Bertz CT molecular complexity index is 630. The molecule has 0 N–H and O–H groups in total. The molecule has 3 nitrogen and oxygen atoms in total. The van der Waals surface area contributed by atoms with Crippen molar-refractivity contribution in [2.24, 2.45) is 0 Å². The fourth-order valence-electron chi connectivity index (χ4n) is 2.18. The molecule has 1 fully saturated rings. The highest BCUT2D eigenvalue weighted by molar-refractivity contribution is 7.99. The minimum Gasteiger partial charge on any atom is -0.459 e. The van der Waals surface area contributed by atoms with Crippen LogP contribution in [0.3, 0.4) is 0 Å². The standard InChI is InChI=1S/C14H11F2NO2S/c15-9-3-4-10(11(16)8-9)14-17(5-7-20-14)13(18)12-2-1-6-19-12/h1-4,6,8,14H,5,7H2/t14-/m0/s1. The lowest BCUT2D eigenvalue weighted by Crippen LogP contribution is -2.30. The number of carbonyl (C=O) groups excluding carboxylic acids is 1. The Morgan fingerprint density at radius 2 is 2.20 bits per heavy atom. The molecule has 1 aliphatic rings. The molecule has 0 unspecified atom stereocenters. The molecule has 1 atom stereocenters. The van der Waals surface area contributed by atoms with Crippen molar-refractivity contribution in [1.82, 2.24) is 4.90 Å². The van der Waals surface area contributed by atoms with Crippen LogP contribution < -0.4 is 0 Å². The summed E-state index contributed by atoms with van der Waals surface area (Å²) in [5.41, 5.74) is 0.314. The van der Waals surface area contributed by atoms with Crippen LogP contribution in [0.4, 0.5) is 8.78 Å². The van der Waals surface area contributed by atoms with Gasteiger partial charge in [0.25, 0.3) is 5.91 Å². The molecule has 3 rings (SSSR count). The Labute approximate surface area is 118 Å². The van der Waals surface area contributed by atoms with Gasteiger partial charge in [-0.05, 0) is 18.2 Å². The summed E-state index contributed by atoms with van der Waals surface area (Å²) in [6, 6.07) is 6.63. The van der Waals surface area contributed by atoms with Gasteiger partial charge < -0.3 is 9.32 Å². The molecule has 0 saturated carbocycles. The number of carbonyl (C=O) groups is 1. The topological polar surface area (TPSA) is 33.5 Å². The lowest BCUT2D eigenvalue weighted by atomic mass is 10.2. The number of hydrogen-bond acceptors (Lipinski definition) is 3. The summed E-state index contributed by atoms with van der Waals surface area (Å²) in [6.07, 6.45) is 1.42. The van der Waals surface area contributed by atoms with Gasteiger partial charge in [0.1, 0.15) is 17.0 Å². The molecule has 0 aliphatic carbocycles. The van der Waals surface area contributed by atoms with Crippen molar-refractivity contribution in [2.75, 3.05) is 12.3 Å². The maximum Gasteiger partial charge on any atom is 0.290 e. The average Bonchev–Trinajstić information content (AvgIpc) is 3.09. The predicted molar refractivity (Wildman–Crippen MR) is 71.3 cm³/mol. The maximum absolute atomic E-state index is 13.9. The third kappa shape index (κ3) is 2.31. The quantitative estimate of drug-likeness (QED) is 0.851. The highest BCUT2D eigenvalue weighted by Crippen LogP contribution is 2.39. The van der Waals surface area contributed by atoms with E-state index in [1.165, 1.54) is 30.2 Å². The number of furan rings is 1. The minimum atomic E-state index is -0.637. The number of hydrogen-bond donors (Lipinski definition) is 0. The highest BCUT2D eigenvalue weighted by atomic mass is 32.2. The normalized spacial score (nSPS) is 18.5. The SMILES string of the molecule is O=C(c1ccco1)N1CCS[C@H]1c1ccc(F)cc1F. The van der Waals surface area contributed by atoms with Gasteiger partial charge in [-0.1, -0.05) is 6.07 Å². The van der Waals surface area contributed by atoms with Gasteiger partial charge in [0.15, 0.2) is 5.76 Å². The summed E-state index contributed by atoms with van der Waals surface area (Å²) in [6.45, 7) is 0.506. The van der Waals surface area contributed by atoms with Crippen molar-refractivity contribution in [3.63, 3.8) is 0 Å². The first-order valence-electron chi connectivity index (χ1n) is 6.08. The van der Waals surface area contributed by atoms with Crippen molar-refractivity contribution < 1.29 is 18.0 Å². The van der Waals surface area contributed by atoms with Crippen LogP contribution in [0.2, 0.25) is 0 Å². The Morgan fingerprint density at radius 1 is 1.35 bits per heavy atom. The van der Waals surface area contributed by atoms with E-state index in [2.05, 4.69) is 0 Å². The van der Waals surface area contributed by atoms with Crippen LogP contribution in [0.1, 0.15) is 21.5 Å². The van der Waals surface area contributed by atoms with Crippen LogP contribution >= 0.6 is 11.8 Å². The average molecular weight is 295 g/mol. The highest BCUT2D eigenvalue weighted by Gasteiger charge is 2.34. The van der Waals surface area contributed by atoms with E-state index in [1.807, 2.05) is 0 Å². The van der Waals surface area contributed by atoms with Crippen LogP contribution in [0.5, 0.6) is 0 Å². The molecule has 0 spiro atoms. The summed E-state index contributed by atoms with van der Waals surface area (Å²) in [4.78, 5) is 13.8. The molecule has 1 saturated heterocycles. The van der Waals surface area contributed by atoms with Crippen molar-refractivity contribution >= 4 is 17.7 Å². The van der Waals surface area contributed by atoms with E-state index in [9.17, 15) is 13.6 Å². The van der Waals surface area contributed by atoms with E-state index in [4.69, 9.17) is 4.42 Å². The zero-order valence-corrected chi connectivity index (χ0v) is 11.2. The largest absolute Gasteiger partial charge is 0.459 e. The Balaban J connectivity index is 1.91. The van der Waals surface area contributed by atoms with Gasteiger partial charge >= 0.3 is 0 Å². The molecule has 2 heterocycles. The Kier molecular flexibility index (Phi) is 3.48. The summed E-state index contributed by atoms with van der Waals surface area (Å²) < 4.78 is 31.9. The zero-order chi connectivity index (χ0) is 14.1. The fraction of sp³-hybridized carbons (Fsp3) is 0.214. The molecule has 20 heavy (non-hydrogen) atoms.